The highest BCUT2D eigenvalue weighted by Crippen LogP contribution is 2.30. The predicted octanol–water partition coefficient (Wildman–Crippen LogP) is 3.99. The first-order valence-corrected chi connectivity index (χ1v) is 11.3. The van der Waals surface area contributed by atoms with Gasteiger partial charge in [-0.25, -0.2) is 12.7 Å². The number of carbonyl (C=O) groups excluding carboxylic acids is 1. The molecule has 0 atom stereocenters. The van der Waals surface area contributed by atoms with Crippen molar-refractivity contribution in [1.82, 2.24) is 4.31 Å². The number of anilines is 1. The highest BCUT2D eigenvalue weighted by molar-refractivity contribution is 7.89. The lowest BCUT2D eigenvalue weighted by atomic mass is 10.1. The number of ether oxygens (including phenoxy) is 2. The molecule has 0 bridgehead atoms. The normalized spacial score (nSPS) is 11.4. The number of carbonyl (C=O) groups is 1. The van der Waals surface area contributed by atoms with Crippen LogP contribution in [0.4, 0.5) is 5.69 Å². The maximum atomic E-state index is 12.9. The van der Waals surface area contributed by atoms with E-state index >= 15 is 0 Å². The van der Waals surface area contributed by atoms with Crippen molar-refractivity contribution in [1.29, 1.82) is 0 Å². The van der Waals surface area contributed by atoms with Crippen molar-refractivity contribution in [2.45, 2.75) is 39.0 Å². The summed E-state index contributed by atoms with van der Waals surface area (Å²) in [7, 11) is -0.677. The largest absolute Gasteiger partial charge is 0.490 e. The number of nitrogens with zero attached hydrogens (tertiary/aromatic N) is 1. The maximum absolute atomic E-state index is 12.9. The Labute approximate surface area is 179 Å². The zero-order valence-electron chi connectivity index (χ0n) is 18.4. The van der Waals surface area contributed by atoms with E-state index < -0.39 is 10.0 Å². The lowest BCUT2D eigenvalue weighted by molar-refractivity contribution is 0.102. The highest BCUT2D eigenvalue weighted by Gasteiger charge is 2.21. The minimum absolute atomic E-state index is 0.129. The molecule has 0 aromatic heterocycles. The van der Waals surface area contributed by atoms with Crippen molar-refractivity contribution in [3.05, 3.63) is 47.0 Å². The number of hydrogen-bond donors (Lipinski definition) is 1. The minimum atomic E-state index is -3.62. The third-order valence-corrected chi connectivity index (χ3v) is 6.43. The first-order valence-electron chi connectivity index (χ1n) is 9.86. The summed E-state index contributed by atoms with van der Waals surface area (Å²) in [5, 5.41) is 2.83. The summed E-state index contributed by atoms with van der Waals surface area (Å²) < 4.78 is 37.5. The molecule has 8 heteroatoms. The molecule has 30 heavy (non-hydrogen) atoms. The van der Waals surface area contributed by atoms with Gasteiger partial charge in [-0.05, 0) is 68.7 Å². The van der Waals surface area contributed by atoms with E-state index in [1.165, 1.54) is 20.2 Å². The Bertz CT molecular complexity index is 1020. The standard InChI is InChI=1S/C22H30N2O5S/c1-7-11-29-20-10-9-17(13-21(20)28-8-2)22(25)23-19-14-18(12-15(3)16(19)4)30(26,27)24(5)6/h9-10,12-14H,7-8,11H2,1-6H3,(H,23,25). The van der Waals surface area contributed by atoms with Gasteiger partial charge in [-0.15, -0.1) is 0 Å². The van der Waals surface area contributed by atoms with E-state index in [0.717, 1.165) is 21.9 Å². The molecular weight excluding hydrogens is 404 g/mol. The molecule has 0 fully saturated rings. The fourth-order valence-corrected chi connectivity index (χ4v) is 3.77. The number of benzene rings is 2. The Morgan fingerprint density at radius 3 is 2.33 bits per heavy atom. The van der Waals surface area contributed by atoms with Crippen LogP contribution in [0.2, 0.25) is 0 Å². The van der Waals surface area contributed by atoms with Gasteiger partial charge in [0.25, 0.3) is 5.91 Å². The van der Waals surface area contributed by atoms with Gasteiger partial charge in [-0.3, -0.25) is 4.79 Å². The van der Waals surface area contributed by atoms with E-state index in [9.17, 15) is 13.2 Å². The molecule has 0 spiro atoms. The van der Waals surface area contributed by atoms with Crippen molar-refractivity contribution in [2.24, 2.45) is 0 Å². The fraction of sp³-hybridized carbons (Fsp3) is 0.409. The van der Waals surface area contributed by atoms with Crippen LogP contribution < -0.4 is 14.8 Å². The average Bonchev–Trinajstić information content (AvgIpc) is 2.70. The number of nitrogens with one attached hydrogen (secondary N) is 1. The molecule has 0 heterocycles. The smallest absolute Gasteiger partial charge is 0.255 e. The second-order valence-electron chi connectivity index (χ2n) is 7.10. The van der Waals surface area contributed by atoms with E-state index in [0.29, 0.717) is 36.0 Å². The quantitative estimate of drug-likeness (QED) is 0.645. The van der Waals surface area contributed by atoms with Crippen molar-refractivity contribution >= 4 is 21.6 Å². The summed E-state index contributed by atoms with van der Waals surface area (Å²) in [5.41, 5.74) is 2.41. The van der Waals surface area contributed by atoms with Gasteiger partial charge in [0.1, 0.15) is 0 Å². The molecule has 0 saturated carbocycles. The van der Waals surface area contributed by atoms with Gasteiger partial charge >= 0.3 is 0 Å². The Morgan fingerprint density at radius 1 is 1.03 bits per heavy atom. The van der Waals surface area contributed by atoms with Gasteiger partial charge in [0.15, 0.2) is 11.5 Å². The number of aryl methyl sites for hydroxylation is 1. The summed E-state index contributed by atoms with van der Waals surface area (Å²) in [6, 6.07) is 8.09. The van der Waals surface area contributed by atoms with Gasteiger partial charge < -0.3 is 14.8 Å². The summed E-state index contributed by atoms with van der Waals surface area (Å²) in [4.78, 5) is 13.0. The lowest BCUT2D eigenvalue weighted by Gasteiger charge is -2.17. The molecule has 1 amide bonds. The monoisotopic (exact) mass is 434 g/mol. The molecule has 0 saturated heterocycles. The third-order valence-electron chi connectivity index (χ3n) is 4.64. The van der Waals surface area contributed by atoms with Crippen LogP contribution in [0.5, 0.6) is 11.5 Å². The topological polar surface area (TPSA) is 84.9 Å². The van der Waals surface area contributed by atoms with E-state index in [1.807, 2.05) is 27.7 Å². The molecule has 0 aliphatic carbocycles. The molecule has 1 N–H and O–H groups in total. The van der Waals surface area contributed by atoms with Crippen molar-refractivity contribution in [2.75, 3.05) is 32.6 Å². The van der Waals surface area contributed by atoms with Crippen LogP contribution in [-0.2, 0) is 10.0 Å². The van der Waals surface area contributed by atoms with Crippen LogP contribution >= 0.6 is 0 Å². The van der Waals surface area contributed by atoms with Crippen molar-refractivity contribution in [3.63, 3.8) is 0 Å². The van der Waals surface area contributed by atoms with Crippen molar-refractivity contribution < 1.29 is 22.7 Å². The van der Waals surface area contributed by atoms with Crippen LogP contribution in [0.25, 0.3) is 0 Å². The number of amides is 1. The summed E-state index contributed by atoms with van der Waals surface area (Å²) in [6.07, 6.45) is 0.860. The zero-order chi connectivity index (χ0) is 22.5. The van der Waals surface area contributed by atoms with Gasteiger partial charge in [0.2, 0.25) is 10.0 Å². The molecule has 0 aliphatic rings. The first kappa shape index (κ1) is 23.7. The van der Waals surface area contributed by atoms with Crippen LogP contribution in [0.3, 0.4) is 0 Å². The molecule has 2 aromatic carbocycles. The van der Waals surface area contributed by atoms with E-state index in [4.69, 9.17) is 9.47 Å². The summed E-state index contributed by atoms with van der Waals surface area (Å²) in [5.74, 6) is 0.719. The fourth-order valence-electron chi connectivity index (χ4n) is 2.76. The van der Waals surface area contributed by atoms with Gasteiger partial charge in [-0.2, -0.15) is 0 Å². The van der Waals surface area contributed by atoms with Gasteiger partial charge in [-0.1, -0.05) is 6.92 Å². The second kappa shape index (κ2) is 9.95. The van der Waals surface area contributed by atoms with Crippen molar-refractivity contribution in [3.8, 4) is 11.5 Å². The highest BCUT2D eigenvalue weighted by atomic mass is 32.2. The molecule has 0 unspecified atom stereocenters. The molecule has 2 rings (SSSR count). The number of sulfonamides is 1. The van der Waals surface area contributed by atoms with Crippen LogP contribution in [-0.4, -0.2) is 45.9 Å². The Hall–Kier alpha value is -2.58. The van der Waals surface area contributed by atoms with Crippen LogP contribution in [0.15, 0.2) is 35.2 Å². The number of rotatable bonds is 9. The average molecular weight is 435 g/mol. The Balaban J connectivity index is 2.38. The zero-order valence-corrected chi connectivity index (χ0v) is 19.2. The molecule has 0 radical (unpaired) electrons. The summed E-state index contributed by atoms with van der Waals surface area (Å²) >= 11 is 0. The third kappa shape index (κ3) is 5.31. The van der Waals surface area contributed by atoms with Crippen LogP contribution in [0, 0.1) is 13.8 Å². The second-order valence-corrected chi connectivity index (χ2v) is 9.25. The SMILES string of the molecule is CCCOc1ccc(C(=O)Nc2cc(S(=O)(=O)N(C)C)cc(C)c2C)cc1OCC. The predicted molar refractivity (Wildman–Crippen MR) is 118 cm³/mol. The number of hydrogen-bond acceptors (Lipinski definition) is 5. The molecular formula is C22H30N2O5S. The van der Waals surface area contributed by atoms with E-state index in [2.05, 4.69) is 5.32 Å². The molecule has 0 aliphatic heterocycles. The Morgan fingerprint density at radius 2 is 1.73 bits per heavy atom. The van der Waals surface area contributed by atoms with Crippen LogP contribution in [0.1, 0.15) is 41.8 Å². The first-order chi connectivity index (χ1) is 14.1. The molecule has 2 aromatic rings. The van der Waals surface area contributed by atoms with E-state index in [1.54, 1.807) is 24.3 Å². The molecule has 164 valence electrons. The Kier molecular flexibility index (Phi) is 7.86. The maximum Gasteiger partial charge on any atom is 0.255 e. The lowest BCUT2D eigenvalue weighted by Crippen LogP contribution is -2.23. The van der Waals surface area contributed by atoms with E-state index in [-0.39, 0.29) is 10.8 Å². The van der Waals surface area contributed by atoms with Gasteiger partial charge in [0, 0.05) is 25.3 Å². The molecule has 7 nitrogen and oxygen atoms in total. The van der Waals surface area contributed by atoms with Gasteiger partial charge in [0.05, 0.1) is 18.1 Å². The summed E-state index contributed by atoms with van der Waals surface area (Å²) in [6.45, 7) is 8.51. The minimum Gasteiger partial charge on any atom is -0.490 e.